The monoisotopic (exact) mass is 539 g/mol. The van der Waals surface area contributed by atoms with Crippen LogP contribution in [0.1, 0.15) is 48.0 Å². The van der Waals surface area contributed by atoms with Gasteiger partial charge in [-0.25, -0.2) is 9.78 Å². The van der Waals surface area contributed by atoms with E-state index in [2.05, 4.69) is 15.3 Å². The molecule has 1 aliphatic rings. The molecule has 190 valence electrons. The number of nitrogens with one attached hydrogen (secondary N) is 1. The van der Waals surface area contributed by atoms with E-state index >= 15 is 0 Å². The maximum Gasteiger partial charge on any atom is 0.338 e. The number of anilines is 3. The summed E-state index contributed by atoms with van der Waals surface area (Å²) in [6, 6.07) is 13.1. The summed E-state index contributed by atoms with van der Waals surface area (Å²) < 4.78 is 7.23. The second-order valence-electron chi connectivity index (χ2n) is 8.79. The summed E-state index contributed by atoms with van der Waals surface area (Å²) in [5.74, 6) is 0.231. The Morgan fingerprint density at radius 1 is 1.08 bits per heavy atom. The van der Waals surface area contributed by atoms with Crippen molar-refractivity contribution in [2.75, 3.05) is 16.8 Å². The minimum absolute atomic E-state index is 0.0292. The standard InChI is InChI=1S/C25H23Cl2N7O3/c1-12(30-21-19(27)20(28)32-25(29)33-21)22-31-17-9-5-8-16(26)18(17)23(35)34(22)14-10-15(11-14)37-24(36)13-6-3-2-4-7-13/h2-9,12,14-15H,10-11H2,1H3,(H5,28,29,30,32,33)/t12-,14-,15-/m0/s1. The minimum atomic E-state index is -0.534. The lowest BCUT2D eigenvalue weighted by Gasteiger charge is -2.37. The molecule has 1 aliphatic carbocycles. The third-order valence-corrected chi connectivity index (χ3v) is 6.95. The van der Waals surface area contributed by atoms with Crippen LogP contribution in [0.5, 0.6) is 0 Å². The highest BCUT2D eigenvalue weighted by Crippen LogP contribution is 2.37. The predicted molar refractivity (Wildman–Crippen MR) is 143 cm³/mol. The number of hydrogen-bond acceptors (Lipinski definition) is 9. The lowest BCUT2D eigenvalue weighted by molar-refractivity contribution is -0.00915. The molecule has 0 saturated heterocycles. The molecule has 1 saturated carbocycles. The van der Waals surface area contributed by atoms with E-state index in [1.54, 1.807) is 47.0 Å². The van der Waals surface area contributed by atoms with Crippen molar-refractivity contribution in [3.05, 3.63) is 80.3 Å². The average molecular weight is 540 g/mol. The van der Waals surface area contributed by atoms with Gasteiger partial charge in [0.25, 0.3) is 5.56 Å². The van der Waals surface area contributed by atoms with E-state index in [-0.39, 0.29) is 40.3 Å². The number of nitrogen functional groups attached to an aromatic ring is 2. The molecule has 0 spiro atoms. The van der Waals surface area contributed by atoms with Crippen LogP contribution in [0.15, 0.2) is 53.3 Å². The molecule has 5 N–H and O–H groups in total. The van der Waals surface area contributed by atoms with Gasteiger partial charge in [-0.05, 0) is 31.2 Å². The van der Waals surface area contributed by atoms with Gasteiger partial charge in [0.2, 0.25) is 5.95 Å². The molecule has 2 aromatic carbocycles. The Morgan fingerprint density at radius 3 is 2.54 bits per heavy atom. The molecule has 0 unspecified atom stereocenters. The number of nitrogens with zero attached hydrogens (tertiary/aromatic N) is 4. The number of ether oxygens (including phenoxy) is 1. The van der Waals surface area contributed by atoms with Gasteiger partial charge in [0, 0.05) is 18.9 Å². The van der Waals surface area contributed by atoms with Crippen molar-refractivity contribution >= 4 is 57.7 Å². The number of aromatic nitrogens is 4. The number of hydrogen-bond donors (Lipinski definition) is 3. The molecule has 2 heterocycles. The predicted octanol–water partition coefficient (Wildman–Crippen LogP) is 4.39. The number of rotatable bonds is 6. The van der Waals surface area contributed by atoms with Crippen molar-refractivity contribution in [2.45, 2.75) is 38.0 Å². The highest BCUT2D eigenvalue weighted by atomic mass is 35.5. The summed E-state index contributed by atoms with van der Waals surface area (Å²) in [7, 11) is 0. The Morgan fingerprint density at radius 2 is 1.81 bits per heavy atom. The summed E-state index contributed by atoms with van der Waals surface area (Å²) in [6.07, 6.45) is 0.562. The molecule has 0 radical (unpaired) electrons. The van der Waals surface area contributed by atoms with E-state index in [0.717, 1.165) is 0 Å². The molecule has 1 atom stereocenters. The van der Waals surface area contributed by atoms with Gasteiger partial charge in [-0.3, -0.25) is 9.36 Å². The van der Waals surface area contributed by atoms with E-state index in [1.807, 2.05) is 13.0 Å². The second-order valence-corrected chi connectivity index (χ2v) is 9.58. The van der Waals surface area contributed by atoms with Gasteiger partial charge >= 0.3 is 5.97 Å². The first-order valence-electron chi connectivity index (χ1n) is 11.5. The number of benzene rings is 2. The molecule has 5 rings (SSSR count). The lowest BCUT2D eigenvalue weighted by atomic mass is 9.88. The topological polar surface area (TPSA) is 151 Å². The zero-order valence-electron chi connectivity index (χ0n) is 19.7. The fourth-order valence-corrected chi connectivity index (χ4v) is 4.75. The molecule has 4 aromatic rings. The number of esters is 1. The third-order valence-electron chi connectivity index (χ3n) is 6.26. The zero-order valence-corrected chi connectivity index (χ0v) is 21.2. The highest BCUT2D eigenvalue weighted by Gasteiger charge is 2.37. The summed E-state index contributed by atoms with van der Waals surface area (Å²) >= 11 is 12.7. The van der Waals surface area contributed by atoms with Crippen LogP contribution in [-0.2, 0) is 4.74 Å². The van der Waals surface area contributed by atoms with Crippen LogP contribution in [0.25, 0.3) is 10.9 Å². The van der Waals surface area contributed by atoms with Crippen molar-refractivity contribution < 1.29 is 9.53 Å². The average Bonchev–Trinajstić information content (AvgIpc) is 2.85. The lowest BCUT2D eigenvalue weighted by Crippen LogP contribution is -2.42. The van der Waals surface area contributed by atoms with Crippen LogP contribution in [0.4, 0.5) is 17.6 Å². The molecule has 37 heavy (non-hydrogen) atoms. The van der Waals surface area contributed by atoms with Gasteiger partial charge in [-0.1, -0.05) is 47.5 Å². The van der Waals surface area contributed by atoms with Gasteiger partial charge in [0.1, 0.15) is 22.8 Å². The van der Waals surface area contributed by atoms with E-state index in [1.165, 1.54) is 0 Å². The molecular weight excluding hydrogens is 517 g/mol. The summed E-state index contributed by atoms with van der Waals surface area (Å²) in [6.45, 7) is 1.81. The molecule has 12 heteroatoms. The van der Waals surface area contributed by atoms with E-state index in [9.17, 15) is 9.59 Å². The maximum atomic E-state index is 13.7. The summed E-state index contributed by atoms with van der Waals surface area (Å²) in [5, 5.41) is 3.87. The van der Waals surface area contributed by atoms with Crippen LogP contribution in [-0.4, -0.2) is 31.6 Å². The fourth-order valence-electron chi connectivity index (χ4n) is 4.36. The van der Waals surface area contributed by atoms with Crippen molar-refractivity contribution in [3.8, 4) is 0 Å². The highest BCUT2D eigenvalue weighted by molar-refractivity contribution is 6.35. The van der Waals surface area contributed by atoms with E-state index in [4.69, 9.17) is 44.4 Å². The van der Waals surface area contributed by atoms with Crippen LogP contribution in [0, 0.1) is 0 Å². The van der Waals surface area contributed by atoms with Gasteiger partial charge < -0.3 is 21.5 Å². The number of carbonyl (C=O) groups excluding carboxylic acids is 1. The normalized spacial score (nSPS) is 17.7. The Kier molecular flexibility index (Phi) is 6.61. The summed E-state index contributed by atoms with van der Waals surface area (Å²) in [5.41, 5.74) is 12.2. The van der Waals surface area contributed by atoms with Gasteiger partial charge in [-0.15, -0.1) is 0 Å². The SMILES string of the molecule is C[C@H](Nc1nc(N)nc(N)c1Cl)c1nc2cccc(Cl)c2c(=O)n1[C@H]1C[C@H](OC(=O)c2ccccc2)C1. The first-order chi connectivity index (χ1) is 17.7. The second kappa shape index (κ2) is 9.87. The Balaban J connectivity index is 1.47. The van der Waals surface area contributed by atoms with Crippen LogP contribution in [0.2, 0.25) is 10.0 Å². The zero-order chi connectivity index (χ0) is 26.3. The molecule has 0 aliphatic heterocycles. The maximum absolute atomic E-state index is 13.7. The van der Waals surface area contributed by atoms with Crippen molar-refractivity contribution in [2.24, 2.45) is 0 Å². The molecule has 1 fully saturated rings. The van der Waals surface area contributed by atoms with Crippen LogP contribution >= 0.6 is 23.2 Å². The van der Waals surface area contributed by atoms with Gasteiger partial charge in [0.15, 0.2) is 5.82 Å². The Bertz CT molecular complexity index is 1560. The fraction of sp³-hybridized carbons (Fsp3) is 0.240. The van der Waals surface area contributed by atoms with E-state index in [0.29, 0.717) is 40.2 Å². The third kappa shape index (κ3) is 4.77. The molecule has 2 aromatic heterocycles. The molecule has 0 amide bonds. The van der Waals surface area contributed by atoms with Crippen molar-refractivity contribution in [1.82, 2.24) is 19.5 Å². The van der Waals surface area contributed by atoms with Crippen molar-refractivity contribution in [3.63, 3.8) is 0 Å². The quantitative estimate of drug-likeness (QED) is 0.303. The molecular formula is C25H23Cl2N7O3. The smallest absolute Gasteiger partial charge is 0.338 e. The molecule has 10 nitrogen and oxygen atoms in total. The van der Waals surface area contributed by atoms with Crippen LogP contribution in [0.3, 0.4) is 0 Å². The largest absolute Gasteiger partial charge is 0.459 e. The van der Waals surface area contributed by atoms with Crippen LogP contribution < -0.4 is 22.3 Å². The van der Waals surface area contributed by atoms with Gasteiger partial charge in [0.05, 0.1) is 27.5 Å². The number of carbonyl (C=O) groups is 1. The number of nitrogens with two attached hydrogens (primary N) is 2. The Labute approximate surface area is 221 Å². The van der Waals surface area contributed by atoms with Crippen molar-refractivity contribution in [1.29, 1.82) is 0 Å². The minimum Gasteiger partial charge on any atom is -0.459 e. The molecule has 0 bridgehead atoms. The van der Waals surface area contributed by atoms with Gasteiger partial charge in [-0.2, -0.15) is 9.97 Å². The van der Waals surface area contributed by atoms with E-state index < -0.39 is 12.0 Å². The first kappa shape index (κ1) is 24.8. The number of halogens is 2. The first-order valence-corrected chi connectivity index (χ1v) is 12.3. The number of fused-ring (bicyclic) bond motifs is 1. The Hall–Kier alpha value is -3.89. The summed E-state index contributed by atoms with van der Waals surface area (Å²) in [4.78, 5) is 38.9.